The van der Waals surface area contributed by atoms with E-state index in [0.29, 0.717) is 0 Å². The Labute approximate surface area is 81.9 Å². The molecule has 0 saturated carbocycles. The van der Waals surface area contributed by atoms with Crippen molar-refractivity contribution in [3.63, 3.8) is 0 Å². The predicted octanol–water partition coefficient (Wildman–Crippen LogP) is 0.318. The molecule has 14 heavy (non-hydrogen) atoms. The van der Waals surface area contributed by atoms with Crippen molar-refractivity contribution in [3.8, 4) is 0 Å². The van der Waals surface area contributed by atoms with Gasteiger partial charge in [-0.1, -0.05) is 12.2 Å². The van der Waals surface area contributed by atoms with Crippen molar-refractivity contribution in [2.24, 2.45) is 11.8 Å². The lowest BCUT2D eigenvalue weighted by atomic mass is 9.85. The standard InChI is InChI=1S/C10H12O4/c1-6(12)13-5-8-7(4-11)9-2-3-10(8)14-9/h2-4,7-10H,5H2,1H3/t7-,8+,9+,10-/m0/s1. The fraction of sp³-hybridized carbons (Fsp3) is 0.600. The van der Waals surface area contributed by atoms with Crippen LogP contribution in [0.4, 0.5) is 0 Å². The van der Waals surface area contributed by atoms with E-state index in [1.54, 1.807) is 0 Å². The van der Waals surface area contributed by atoms with Crippen LogP contribution in [0.25, 0.3) is 0 Å². The second-order valence-electron chi connectivity index (χ2n) is 3.63. The van der Waals surface area contributed by atoms with Crippen LogP contribution in [0.1, 0.15) is 6.92 Å². The van der Waals surface area contributed by atoms with E-state index in [1.165, 1.54) is 6.92 Å². The SMILES string of the molecule is CC(=O)OC[C@@H]1[C@H](C=O)[C@H]2C=C[C@@H]1O2. The lowest BCUT2D eigenvalue weighted by molar-refractivity contribution is -0.143. The van der Waals surface area contributed by atoms with E-state index in [-0.39, 0.29) is 36.6 Å². The molecule has 1 fully saturated rings. The van der Waals surface area contributed by atoms with E-state index in [1.807, 2.05) is 12.2 Å². The van der Waals surface area contributed by atoms with Crippen LogP contribution in [0.3, 0.4) is 0 Å². The van der Waals surface area contributed by atoms with Crippen LogP contribution in [-0.2, 0) is 19.1 Å². The minimum absolute atomic E-state index is 0.00796. The van der Waals surface area contributed by atoms with Crippen LogP contribution < -0.4 is 0 Å². The minimum Gasteiger partial charge on any atom is -0.465 e. The van der Waals surface area contributed by atoms with Gasteiger partial charge in [-0.05, 0) is 0 Å². The molecule has 0 N–H and O–H groups in total. The maximum atomic E-state index is 10.8. The first-order valence-electron chi connectivity index (χ1n) is 4.65. The molecule has 2 heterocycles. The van der Waals surface area contributed by atoms with Crippen LogP contribution in [0.5, 0.6) is 0 Å². The molecule has 76 valence electrons. The molecular formula is C10H12O4. The van der Waals surface area contributed by atoms with Gasteiger partial charge in [0.2, 0.25) is 0 Å². The highest BCUT2D eigenvalue weighted by Gasteiger charge is 2.46. The molecule has 4 heteroatoms. The Hall–Kier alpha value is -1.16. The Kier molecular flexibility index (Phi) is 2.37. The maximum Gasteiger partial charge on any atom is 0.302 e. The van der Waals surface area contributed by atoms with Crippen molar-refractivity contribution in [2.45, 2.75) is 19.1 Å². The third kappa shape index (κ3) is 1.46. The molecule has 0 aliphatic carbocycles. The maximum absolute atomic E-state index is 10.8. The molecule has 4 atom stereocenters. The van der Waals surface area contributed by atoms with Crippen LogP contribution in [0, 0.1) is 11.8 Å². The molecule has 2 rings (SSSR count). The van der Waals surface area contributed by atoms with Gasteiger partial charge >= 0.3 is 5.97 Å². The van der Waals surface area contributed by atoms with E-state index in [4.69, 9.17) is 9.47 Å². The molecule has 4 nitrogen and oxygen atoms in total. The molecule has 0 spiro atoms. The highest BCUT2D eigenvalue weighted by molar-refractivity contribution is 5.66. The van der Waals surface area contributed by atoms with Crippen LogP contribution in [-0.4, -0.2) is 31.1 Å². The number of ether oxygens (including phenoxy) is 2. The number of hydrogen-bond donors (Lipinski definition) is 0. The number of fused-ring (bicyclic) bond motifs is 2. The third-order valence-corrected chi connectivity index (χ3v) is 2.74. The van der Waals surface area contributed by atoms with Gasteiger partial charge in [0.25, 0.3) is 0 Å². The zero-order valence-electron chi connectivity index (χ0n) is 7.88. The number of carbonyl (C=O) groups excluding carboxylic acids is 2. The number of esters is 1. The minimum atomic E-state index is -0.318. The van der Waals surface area contributed by atoms with Gasteiger partial charge in [0.15, 0.2) is 0 Å². The predicted molar refractivity (Wildman–Crippen MR) is 47.5 cm³/mol. The van der Waals surface area contributed by atoms with E-state index in [2.05, 4.69) is 0 Å². The van der Waals surface area contributed by atoms with Crippen molar-refractivity contribution in [2.75, 3.05) is 6.61 Å². The van der Waals surface area contributed by atoms with Gasteiger partial charge in [-0.25, -0.2) is 0 Å². The van der Waals surface area contributed by atoms with Crippen molar-refractivity contribution in [3.05, 3.63) is 12.2 Å². The highest BCUT2D eigenvalue weighted by atomic mass is 16.5. The van der Waals surface area contributed by atoms with Gasteiger partial charge in [-0.15, -0.1) is 0 Å². The molecule has 0 aromatic heterocycles. The van der Waals surface area contributed by atoms with Crippen LogP contribution in [0.2, 0.25) is 0 Å². The summed E-state index contributed by atoms with van der Waals surface area (Å²) in [7, 11) is 0. The molecule has 0 aromatic rings. The van der Waals surface area contributed by atoms with E-state index < -0.39 is 0 Å². The van der Waals surface area contributed by atoms with Crippen molar-refractivity contribution >= 4 is 12.3 Å². The van der Waals surface area contributed by atoms with Gasteiger partial charge in [0, 0.05) is 12.8 Å². The summed E-state index contributed by atoms with van der Waals surface area (Å²) in [4.78, 5) is 21.4. The molecular weight excluding hydrogens is 184 g/mol. The van der Waals surface area contributed by atoms with E-state index >= 15 is 0 Å². The lowest BCUT2D eigenvalue weighted by Gasteiger charge is -2.19. The largest absolute Gasteiger partial charge is 0.465 e. The van der Waals surface area contributed by atoms with Crippen LogP contribution in [0.15, 0.2) is 12.2 Å². The van der Waals surface area contributed by atoms with Crippen molar-refractivity contribution < 1.29 is 19.1 Å². The van der Waals surface area contributed by atoms with Gasteiger partial charge in [-0.3, -0.25) is 4.79 Å². The number of carbonyl (C=O) groups is 2. The topological polar surface area (TPSA) is 52.6 Å². The number of rotatable bonds is 3. The summed E-state index contributed by atoms with van der Waals surface area (Å²) in [6.45, 7) is 1.63. The summed E-state index contributed by atoms with van der Waals surface area (Å²) in [5.74, 6) is -0.489. The summed E-state index contributed by atoms with van der Waals surface area (Å²) >= 11 is 0. The lowest BCUT2D eigenvalue weighted by Crippen LogP contribution is -2.29. The summed E-state index contributed by atoms with van der Waals surface area (Å²) < 4.78 is 10.4. The Balaban J connectivity index is 2.00. The van der Waals surface area contributed by atoms with E-state index in [0.717, 1.165) is 6.29 Å². The number of aldehydes is 1. The van der Waals surface area contributed by atoms with Gasteiger partial charge in [0.1, 0.15) is 6.29 Å². The van der Waals surface area contributed by atoms with Crippen LogP contribution >= 0.6 is 0 Å². The van der Waals surface area contributed by atoms with E-state index in [9.17, 15) is 9.59 Å². The fourth-order valence-electron chi connectivity index (χ4n) is 2.01. The monoisotopic (exact) mass is 196 g/mol. The normalized spacial score (nSPS) is 38.6. The second-order valence-corrected chi connectivity index (χ2v) is 3.63. The molecule has 2 aliphatic heterocycles. The fourth-order valence-corrected chi connectivity index (χ4v) is 2.01. The Morgan fingerprint density at radius 2 is 2.21 bits per heavy atom. The molecule has 2 bridgehead atoms. The van der Waals surface area contributed by atoms with Gasteiger partial charge < -0.3 is 14.3 Å². The molecule has 1 saturated heterocycles. The second kappa shape index (κ2) is 3.53. The smallest absolute Gasteiger partial charge is 0.302 e. The van der Waals surface area contributed by atoms with Gasteiger partial charge in [-0.2, -0.15) is 0 Å². The number of hydrogen-bond acceptors (Lipinski definition) is 4. The molecule has 0 unspecified atom stereocenters. The zero-order chi connectivity index (χ0) is 10.1. The zero-order valence-corrected chi connectivity index (χ0v) is 7.88. The average Bonchev–Trinajstić information content (AvgIpc) is 2.72. The summed E-state index contributed by atoms with van der Waals surface area (Å²) in [6, 6.07) is 0. The summed E-state index contributed by atoms with van der Waals surface area (Å²) in [5.41, 5.74) is 0. The van der Waals surface area contributed by atoms with Crippen molar-refractivity contribution in [1.29, 1.82) is 0 Å². The summed E-state index contributed by atoms with van der Waals surface area (Å²) in [6.07, 6.45) is 4.54. The average molecular weight is 196 g/mol. The quantitative estimate of drug-likeness (QED) is 0.370. The molecule has 0 aromatic carbocycles. The Bertz CT molecular complexity index is 284. The van der Waals surface area contributed by atoms with Crippen molar-refractivity contribution in [1.82, 2.24) is 0 Å². The first-order chi connectivity index (χ1) is 6.72. The molecule has 0 radical (unpaired) electrons. The first-order valence-corrected chi connectivity index (χ1v) is 4.65. The summed E-state index contributed by atoms with van der Waals surface area (Å²) in [5, 5.41) is 0. The molecule has 2 aliphatic rings. The third-order valence-electron chi connectivity index (χ3n) is 2.74. The Morgan fingerprint density at radius 1 is 1.50 bits per heavy atom. The highest BCUT2D eigenvalue weighted by Crippen LogP contribution is 2.37. The molecule has 0 amide bonds. The van der Waals surface area contributed by atoms with Gasteiger partial charge in [0.05, 0.1) is 24.7 Å². The Morgan fingerprint density at radius 3 is 2.86 bits per heavy atom. The first kappa shape index (κ1) is 9.40.